The van der Waals surface area contributed by atoms with Gasteiger partial charge in [-0.05, 0) is 36.4 Å². The van der Waals surface area contributed by atoms with Crippen molar-refractivity contribution >= 4 is 35.1 Å². The highest BCUT2D eigenvalue weighted by Gasteiger charge is 2.46. The number of carbonyl (C=O) groups excluding carboxylic acids is 4. The SMILES string of the molecule is COc1ccc(N2C(=O)C(=O)N(CC(=O)Nc3ccc(OC)c(OC)c3)C2=O)cc1. The van der Waals surface area contributed by atoms with Crippen molar-refractivity contribution in [1.29, 1.82) is 0 Å². The van der Waals surface area contributed by atoms with E-state index in [1.54, 1.807) is 24.3 Å². The van der Waals surface area contributed by atoms with Gasteiger partial charge in [0.15, 0.2) is 11.5 Å². The maximum Gasteiger partial charge on any atom is 0.339 e. The average Bonchev–Trinajstić information content (AvgIpc) is 2.96. The van der Waals surface area contributed by atoms with Crippen LogP contribution in [0.1, 0.15) is 0 Å². The lowest BCUT2D eigenvalue weighted by molar-refractivity contribution is -0.140. The maximum absolute atomic E-state index is 12.6. The van der Waals surface area contributed by atoms with E-state index in [0.29, 0.717) is 32.7 Å². The van der Waals surface area contributed by atoms with E-state index in [-0.39, 0.29) is 5.69 Å². The van der Waals surface area contributed by atoms with Crippen molar-refractivity contribution in [3.63, 3.8) is 0 Å². The van der Waals surface area contributed by atoms with Gasteiger partial charge in [-0.15, -0.1) is 0 Å². The third-order valence-electron chi connectivity index (χ3n) is 4.35. The van der Waals surface area contributed by atoms with Crippen LogP contribution < -0.4 is 24.4 Å². The normalized spacial score (nSPS) is 13.5. The summed E-state index contributed by atoms with van der Waals surface area (Å²) in [5, 5.41) is 2.55. The Kier molecular flexibility index (Phi) is 5.86. The minimum Gasteiger partial charge on any atom is -0.497 e. The standard InChI is InChI=1S/C20H19N3O7/c1-28-14-7-5-13(6-8-14)23-19(26)18(25)22(20(23)27)11-17(24)21-12-4-9-15(29-2)16(10-12)30-3/h4-10H,11H2,1-3H3,(H,21,24). The molecule has 0 aromatic heterocycles. The van der Waals surface area contributed by atoms with Gasteiger partial charge in [0.05, 0.1) is 27.0 Å². The lowest BCUT2D eigenvalue weighted by Crippen LogP contribution is -2.39. The molecule has 3 rings (SSSR count). The fourth-order valence-electron chi connectivity index (χ4n) is 2.86. The Hall–Kier alpha value is -4.08. The van der Waals surface area contributed by atoms with Gasteiger partial charge in [0.25, 0.3) is 0 Å². The van der Waals surface area contributed by atoms with Crippen LogP contribution in [0.25, 0.3) is 0 Å². The molecule has 1 fully saturated rings. The van der Waals surface area contributed by atoms with Gasteiger partial charge in [0.1, 0.15) is 12.3 Å². The molecule has 30 heavy (non-hydrogen) atoms. The van der Waals surface area contributed by atoms with Crippen LogP contribution in [-0.4, -0.2) is 56.5 Å². The first-order valence-corrected chi connectivity index (χ1v) is 8.75. The zero-order chi connectivity index (χ0) is 21.8. The molecule has 0 radical (unpaired) electrons. The van der Waals surface area contributed by atoms with Crippen LogP contribution in [0, 0.1) is 0 Å². The number of amides is 5. The molecule has 1 saturated heterocycles. The molecular formula is C20H19N3O7. The van der Waals surface area contributed by atoms with Gasteiger partial charge in [-0.2, -0.15) is 0 Å². The number of anilines is 2. The fraction of sp³-hybridized carbons (Fsp3) is 0.200. The number of urea groups is 1. The molecular weight excluding hydrogens is 394 g/mol. The van der Waals surface area contributed by atoms with E-state index in [0.717, 1.165) is 0 Å². The Labute approximate surface area is 171 Å². The van der Waals surface area contributed by atoms with E-state index in [1.807, 2.05) is 0 Å². The molecule has 1 heterocycles. The monoisotopic (exact) mass is 413 g/mol. The molecule has 1 aliphatic heterocycles. The molecule has 0 spiro atoms. The largest absolute Gasteiger partial charge is 0.497 e. The second-order valence-electron chi connectivity index (χ2n) is 6.13. The Bertz CT molecular complexity index is 1000. The predicted molar refractivity (Wildman–Crippen MR) is 106 cm³/mol. The molecule has 1 aliphatic rings. The molecule has 156 valence electrons. The van der Waals surface area contributed by atoms with E-state index in [2.05, 4.69) is 5.32 Å². The number of hydrogen-bond acceptors (Lipinski definition) is 7. The van der Waals surface area contributed by atoms with Crippen molar-refractivity contribution in [1.82, 2.24) is 4.90 Å². The van der Waals surface area contributed by atoms with Crippen LogP contribution >= 0.6 is 0 Å². The summed E-state index contributed by atoms with van der Waals surface area (Å²) in [6.45, 7) is -0.621. The summed E-state index contributed by atoms with van der Waals surface area (Å²) >= 11 is 0. The molecule has 0 unspecified atom stereocenters. The van der Waals surface area contributed by atoms with Crippen molar-refractivity contribution in [2.45, 2.75) is 0 Å². The van der Waals surface area contributed by atoms with Crippen LogP contribution in [0.15, 0.2) is 42.5 Å². The number of benzene rings is 2. The summed E-state index contributed by atoms with van der Waals surface area (Å²) in [6, 6.07) is 9.82. The Morgan fingerprint density at radius 2 is 1.53 bits per heavy atom. The number of methoxy groups -OCH3 is 3. The van der Waals surface area contributed by atoms with Gasteiger partial charge in [-0.25, -0.2) is 14.6 Å². The molecule has 2 aromatic rings. The highest BCUT2D eigenvalue weighted by molar-refractivity contribution is 6.53. The Morgan fingerprint density at radius 1 is 0.867 bits per heavy atom. The Morgan fingerprint density at radius 3 is 2.13 bits per heavy atom. The first-order chi connectivity index (χ1) is 14.4. The number of nitrogens with zero attached hydrogens (tertiary/aromatic N) is 2. The van der Waals surface area contributed by atoms with E-state index in [4.69, 9.17) is 14.2 Å². The van der Waals surface area contributed by atoms with Crippen LogP contribution in [0.3, 0.4) is 0 Å². The van der Waals surface area contributed by atoms with E-state index in [1.165, 1.54) is 39.5 Å². The molecule has 0 aliphatic carbocycles. The van der Waals surface area contributed by atoms with Gasteiger partial charge in [-0.3, -0.25) is 14.4 Å². The summed E-state index contributed by atoms with van der Waals surface area (Å²) in [5.74, 6) is -1.39. The van der Waals surface area contributed by atoms with Gasteiger partial charge >= 0.3 is 17.8 Å². The summed E-state index contributed by atoms with van der Waals surface area (Å²) < 4.78 is 15.3. The topological polar surface area (TPSA) is 114 Å². The second-order valence-corrected chi connectivity index (χ2v) is 6.13. The number of nitrogens with one attached hydrogen (secondary N) is 1. The maximum atomic E-state index is 12.6. The smallest absolute Gasteiger partial charge is 0.339 e. The minimum atomic E-state index is -1.08. The van der Waals surface area contributed by atoms with Crippen LogP contribution in [-0.2, 0) is 14.4 Å². The van der Waals surface area contributed by atoms with Crippen molar-refractivity contribution in [2.75, 3.05) is 38.1 Å². The average molecular weight is 413 g/mol. The zero-order valence-electron chi connectivity index (χ0n) is 16.5. The molecule has 2 aromatic carbocycles. The lowest BCUT2D eigenvalue weighted by atomic mass is 10.2. The summed E-state index contributed by atoms with van der Waals surface area (Å²) in [5.41, 5.74) is 0.567. The van der Waals surface area contributed by atoms with Crippen molar-refractivity contribution in [2.24, 2.45) is 0 Å². The first kappa shape index (κ1) is 20.6. The highest BCUT2D eigenvalue weighted by Crippen LogP contribution is 2.30. The number of rotatable bonds is 7. The molecule has 0 atom stereocenters. The van der Waals surface area contributed by atoms with Crippen molar-refractivity contribution in [3.8, 4) is 17.2 Å². The quantitative estimate of drug-likeness (QED) is 0.542. The lowest BCUT2D eigenvalue weighted by Gasteiger charge is -2.16. The van der Waals surface area contributed by atoms with E-state index >= 15 is 0 Å². The summed E-state index contributed by atoms with van der Waals surface area (Å²) in [7, 11) is 4.40. The van der Waals surface area contributed by atoms with Crippen molar-refractivity contribution < 1.29 is 33.4 Å². The summed E-state index contributed by atoms with van der Waals surface area (Å²) in [4.78, 5) is 50.8. The third-order valence-corrected chi connectivity index (χ3v) is 4.35. The van der Waals surface area contributed by atoms with Crippen LogP contribution in [0.2, 0.25) is 0 Å². The van der Waals surface area contributed by atoms with Gasteiger partial charge < -0.3 is 19.5 Å². The molecule has 10 heteroatoms. The highest BCUT2D eigenvalue weighted by atomic mass is 16.5. The second kappa shape index (κ2) is 8.52. The molecule has 0 bridgehead atoms. The first-order valence-electron chi connectivity index (χ1n) is 8.75. The fourth-order valence-corrected chi connectivity index (χ4v) is 2.86. The number of hydrogen-bond donors (Lipinski definition) is 1. The predicted octanol–water partition coefficient (Wildman–Crippen LogP) is 1.65. The third kappa shape index (κ3) is 3.88. The van der Waals surface area contributed by atoms with Crippen molar-refractivity contribution in [3.05, 3.63) is 42.5 Å². The van der Waals surface area contributed by atoms with Crippen LogP contribution in [0.5, 0.6) is 17.2 Å². The summed E-state index contributed by atoms with van der Waals surface area (Å²) in [6.07, 6.45) is 0. The van der Waals surface area contributed by atoms with Gasteiger partial charge in [-0.1, -0.05) is 0 Å². The number of carbonyl (C=O) groups is 4. The number of ether oxygens (including phenoxy) is 3. The Balaban J connectivity index is 1.73. The van der Waals surface area contributed by atoms with E-state index in [9.17, 15) is 19.2 Å². The molecule has 5 amide bonds. The minimum absolute atomic E-state index is 0.196. The van der Waals surface area contributed by atoms with Crippen LogP contribution in [0.4, 0.5) is 16.2 Å². The van der Waals surface area contributed by atoms with E-state index < -0.39 is 30.3 Å². The molecule has 1 N–H and O–H groups in total. The molecule has 10 nitrogen and oxygen atoms in total. The zero-order valence-corrected chi connectivity index (χ0v) is 16.5. The molecule has 0 saturated carbocycles. The van der Waals surface area contributed by atoms with Gasteiger partial charge in [0.2, 0.25) is 5.91 Å². The number of imide groups is 2. The van der Waals surface area contributed by atoms with Gasteiger partial charge in [0, 0.05) is 11.8 Å².